The number of aliphatic hydroxyl groups is 1. The summed E-state index contributed by atoms with van der Waals surface area (Å²) in [5.74, 6) is -1.43. The van der Waals surface area contributed by atoms with E-state index in [0.717, 1.165) is 16.7 Å². The van der Waals surface area contributed by atoms with Crippen molar-refractivity contribution < 1.29 is 33.7 Å². The number of hydrogen-bond donors (Lipinski definition) is 2. The minimum absolute atomic E-state index is 0.0861. The Morgan fingerprint density at radius 3 is 2.12 bits per heavy atom. The molecule has 8 heteroatoms. The maximum absolute atomic E-state index is 13.2. The quantitative estimate of drug-likeness (QED) is 0.144. The summed E-state index contributed by atoms with van der Waals surface area (Å²) < 4.78 is 16.5. The molecule has 8 nitrogen and oxygen atoms in total. The van der Waals surface area contributed by atoms with E-state index >= 15 is 0 Å². The zero-order valence-corrected chi connectivity index (χ0v) is 23.5. The van der Waals surface area contributed by atoms with Gasteiger partial charge in [-0.05, 0) is 62.4 Å². The third kappa shape index (κ3) is 8.45. The van der Waals surface area contributed by atoms with Crippen LogP contribution in [0.25, 0.3) is 0 Å². The molecule has 1 aliphatic heterocycles. The fourth-order valence-corrected chi connectivity index (χ4v) is 4.40. The lowest BCUT2D eigenvalue weighted by Crippen LogP contribution is -2.42. The highest BCUT2D eigenvalue weighted by molar-refractivity contribution is 6.23. The predicted molar refractivity (Wildman–Crippen MR) is 153 cm³/mol. The topological polar surface area (TPSA) is 111 Å². The number of amides is 1. The molecule has 0 aromatic heterocycles. The zero-order valence-electron chi connectivity index (χ0n) is 23.5. The van der Waals surface area contributed by atoms with Crippen molar-refractivity contribution in [3.63, 3.8) is 0 Å². The average molecular weight is 558 g/mol. The third-order valence-corrected chi connectivity index (χ3v) is 6.42. The Bertz CT molecular complexity index is 1380. The van der Waals surface area contributed by atoms with E-state index in [4.69, 9.17) is 14.2 Å². The molecular weight excluding hydrogens is 522 g/mol. The van der Waals surface area contributed by atoms with Crippen molar-refractivity contribution >= 4 is 17.8 Å². The van der Waals surface area contributed by atoms with E-state index in [-0.39, 0.29) is 12.8 Å². The number of ketones is 1. The summed E-state index contributed by atoms with van der Waals surface area (Å²) in [5, 5.41) is 13.8. The molecule has 0 radical (unpaired) electrons. The number of carbonyl (C=O) groups is 3. The monoisotopic (exact) mass is 557 g/mol. The second-order valence-corrected chi connectivity index (χ2v) is 10.9. The molecule has 1 aliphatic rings. The van der Waals surface area contributed by atoms with Crippen molar-refractivity contribution in [1.82, 2.24) is 5.32 Å². The maximum atomic E-state index is 13.2. The molecule has 41 heavy (non-hydrogen) atoms. The fraction of sp³-hybridized carbons (Fsp3) is 0.303. The molecule has 0 unspecified atom stereocenters. The number of benzene rings is 3. The Kier molecular flexibility index (Phi) is 9.45. The van der Waals surface area contributed by atoms with Crippen LogP contribution in [0.2, 0.25) is 0 Å². The first-order chi connectivity index (χ1) is 19.6. The van der Waals surface area contributed by atoms with E-state index in [1.165, 1.54) is 0 Å². The molecule has 4 rings (SSSR count). The van der Waals surface area contributed by atoms with Gasteiger partial charge in [-0.2, -0.15) is 0 Å². The molecule has 1 heterocycles. The van der Waals surface area contributed by atoms with Gasteiger partial charge in [0.2, 0.25) is 5.78 Å². The number of alkyl carbamates (subject to hydrolysis) is 1. The number of nitrogens with one attached hydrogen (secondary N) is 1. The molecule has 0 aliphatic carbocycles. The highest BCUT2D eigenvalue weighted by Crippen LogP contribution is 2.26. The van der Waals surface area contributed by atoms with Crippen LogP contribution < -0.4 is 10.1 Å². The van der Waals surface area contributed by atoms with Gasteiger partial charge in [0.25, 0.3) is 0 Å². The van der Waals surface area contributed by atoms with Gasteiger partial charge in [-0.1, -0.05) is 72.8 Å². The van der Waals surface area contributed by atoms with E-state index in [2.05, 4.69) is 5.32 Å². The Balaban J connectivity index is 1.50. The van der Waals surface area contributed by atoms with Crippen molar-refractivity contribution in [3.05, 3.63) is 113 Å². The van der Waals surface area contributed by atoms with E-state index in [1.54, 1.807) is 45.0 Å². The number of ether oxygens (including phenoxy) is 3. The second kappa shape index (κ2) is 13.2. The number of carbonyl (C=O) groups excluding carboxylic acids is 3. The summed E-state index contributed by atoms with van der Waals surface area (Å²) in [7, 11) is 0. The third-order valence-electron chi connectivity index (χ3n) is 6.42. The van der Waals surface area contributed by atoms with Crippen molar-refractivity contribution in [1.29, 1.82) is 0 Å². The number of hydrogen-bond acceptors (Lipinski definition) is 7. The van der Waals surface area contributed by atoms with Crippen LogP contribution in [0.15, 0.2) is 96.3 Å². The molecule has 1 fully saturated rings. The first kappa shape index (κ1) is 29.4. The summed E-state index contributed by atoms with van der Waals surface area (Å²) in [6, 6.07) is 25.3. The zero-order chi connectivity index (χ0) is 29.4. The Labute approximate surface area is 239 Å². The normalized spacial score (nSPS) is 17.0. The molecule has 1 amide bonds. The number of esters is 1. The SMILES string of the molecule is CC(C)(C)OC(=O)N[C@H](Cc1ccc(OCc2ccccc2)cc1)/C(O)=C1\C(=O)O[C@@H](CCc2ccccc2)C1=O. The Hall–Kier alpha value is -4.59. The molecule has 0 spiro atoms. The predicted octanol–water partition coefficient (Wildman–Crippen LogP) is 5.64. The summed E-state index contributed by atoms with van der Waals surface area (Å²) in [6.07, 6.45) is -0.917. The van der Waals surface area contributed by atoms with E-state index in [1.807, 2.05) is 60.7 Å². The lowest BCUT2D eigenvalue weighted by molar-refractivity contribution is -0.141. The van der Waals surface area contributed by atoms with Gasteiger partial charge in [-0.15, -0.1) is 0 Å². The molecule has 1 saturated heterocycles. The van der Waals surface area contributed by atoms with Gasteiger partial charge in [-0.3, -0.25) is 4.79 Å². The molecule has 3 aromatic carbocycles. The fourth-order valence-electron chi connectivity index (χ4n) is 4.40. The number of rotatable bonds is 10. The average Bonchev–Trinajstić information content (AvgIpc) is 3.23. The second-order valence-electron chi connectivity index (χ2n) is 10.9. The van der Waals surface area contributed by atoms with E-state index in [0.29, 0.717) is 18.8 Å². The van der Waals surface area contributed by atoms with Crippen LogP contribution in [0.1, 0.15) is 43.9 Å². The van der Waals surface area contributed by atoms with Gasteiger partial charge >= 0.3 is 12.1 Å². The van der Waals surface area contributed by atoms with Crippen molar-refractivity contribution in [2.24, 2.45) is 0 Å². The van der Waals surface area contributed by atoms with E-state index in [9.17, 15) is 19.5 Å². The number of cyclic esters (lactones) is 1. The number of Topliss-reactive ketones (excluding diaryl/α,β-unsaturated/α-hetero) is 1. The summed E-state index contributed by atoms with van der Waals surface area (Å²) in [4.78, 5) is 38.5. The van der Waals surface area contributed by atoms with Gasteiger partial charge in [-0.25, -0.2) is 9.59 Å². The first-order valence-electron chi connectivity index (χ1n) is 13.6. The molecule has 3 aromatic rings. The minimum atomic E-state index is -1.11. The number of aliphatic hydroxyl groups excluding tert-OH is 1. The molecule has 0 saturated carbocycles. The lowest BCUT2D eigenvalue weighted by atomic mass is 9.97. The molecule has 2 N–H and O–H groups in total. The first-order valence-corrected chi connectivity index (χ1v) is 13.6. The van der Waals surface area contributed by atoms with Gasteiger partial charge in [0.15, 0.2) is 6.10 Å². The highest BCUT2D eigenvalue weighted by Gasteiger charge is 2.42. The molecular formula is C33H35NO7. The molecule has 0 bridgehead atoms. The van der Waals surface area contributed by atoms with Crippen LogP contribution in [-0.4, -0.2) is 40.7 Å². The summed E-state index contributed by atoms with van der Waals surface area (Å²) in [5.41, 5.74) is 1.51. The van der Waals surface area contributed by atoms with Gasteiger partial charge in [0, 0.05) is 6.42 Å². The summed E-state index contributed by atoms with van der Waals surface area (Å²) in [6.45, 7) is 5.54. The largest absolute Gasteiger partial charge is 0.509 e. The minimum Gasteiger partial charge on any atom is -0.509 e. The van der Waals surface area contributed by atoms with Crippen LogP contribution in [0.3, 0.4) is 0 Å². The molecule has 2 atom stereocenters. The number of aryl methyl sites for hydroxylation is 1. The summed E-state index contributed by atoms with van der Waals surface area (Å²) >= 11 is 0. The van der Waals surface area contributed by atoms with Gasteiger partial charge in [0.05, 0.1) is 6.04 Å². The maximum Gasteiger partial charge on any atom is 0.408 e. The van der Waals surface area contributed by atoms with Crippen LogP contribution in [0.5, 0.6) is 5.75 Å². The highest BCUT2D eigenvalue weighted by atomic mass is 16.6. The van der Waals surface area contributed by atoms with Crippen LogP contribution >= 0.6 is 0 Å². The Morgan fingerprint density at radius 2 is 1.51 bits per heavy atom. The van der Waals surface area contributed by atoms with Crippen LogP contribution in [0.4, 0.5) is 4.79 Å². The van der Waals surface area contributed by atoms with E-state index < -0.39 is 46.9 Å². The van der Waals surface area contributed by atoms with Crippen LogP contribution in [-0.2, 0) is 38.5 Å². The van der Waals surface area contributed by atoms with Crippen molar-refractivity contribution in [3.8, 4) is 5.75 Å². The van der Waals surface area contributed by atoms with Gasteiger partial charge in [0.1, 0.15) is 29.3 Å². The van der Waals surface area contributed by atoms with Crippen LogP contribution in [0, 0.1) is 0 Å². The molecule has 214 valence electrons. The Morgan fingerprint density at radius 1 is 0.902 bits per heavy atom. The smallest absolute Gasteiger partial charge is 0.408 e. The van der Waals surface area contributed by atoms with Gasteiger partial charge < -0.3 is 24.6 Å². The van der Waals surface area contributed by atoms with Crippen molar-refractivity contribution in [2.45, 2.75) is 64.4 Å². The lowest BCUT2D eigenvalue weighted by Gasteiger charge is -2.24. The standard InChI is InChI=1S/C33H35NO7/c1-33(2,3)41-32(38)34-26(20-23-14-17-25(18-15-23)39-21-24-12-8-5-9-13-24)29(35)28-30(36)27(40-31(28)37)19-16-22-10-6-4-7-11-22/h4-15,17-18,26-27,35H,16,19-21H2,1-3H3,(H,34,38)/b29-28+/t26-,27+/m1/s1. The van der Waals surface area contributed by atoms with Crippen molar-refractivity contribution in [2.75, 3.05) is 0 Å².